The quantitative estimate of drug-likeness (QED) is 0.291. The average Bonchev–Trinajstić information content (AvgIpc) is 3.47. The van der Waals surface area contributed by atoms with Gasteiger partial charge in [0.15, 0.2) is 0 Å². The Bertz CT molecular complexity index is 1950. The molecule has 3 aromatic carbocycles. The van der Waals surface area contributed by atoms with Crippen LogP contribution >= 0.6 is 0 Å². The van der Waals surface area contributed by atoms with Gasteiger partial charge in [0.25, 0.3) is 10.0 Å². The van der Waals surface area contributed by atoms with Crippen molar-refractivity contribution in [2.24, 2.45) is 0 Å². The molecule has 0 unspecified atom stereocenters. The van der Waals surface area contributed by atoms with E-state index >= 15 is 0 Å². The third kappa shape index (κ3) is 4.29. The predicted octanol–water partition coefficient (Wildman–Crippen LogP) is 5.81. The maximum absolute atomic E-state index is 14.4. The third-order valence-corrected chi connectivity index (χ3v) is 7.73. The molecule has 0 spiro atoms. The number of aryl methyl sites for hydroxylation is 2. The van der Waals surface area contributed by atoms with Crippen LogP contribution in [0.3, 0.4) is 0 Å². The number of benzene rings is 3. The van der Waals surface area contributed by atoms with Crippen molar-refractivity contribution in [3.8, 4) is 5.69 Å². The maximum Gasteiger partial charge on any atom is 0.303 e. The molecule has 0 amide bonds. The Morgan fingerprint density at radius 1 is 1.11 bits per heavy atom. The molecule has 0 saturated carbocycles. The monoisotopic (exact) mass is 523 g/mol. The molecular formula is C28H26FN3O4S. The molecule has 37 heavy (non-hydrogen) atoms. The van der Waals surface area contributed by atoms with E-state index in [1.54, 1.807) is 42.7 Å². The van der Waals surface area contributed by atoms with E-state index in [4.69, 9.17) is 5.48 Å². The highest BCUT2D eigenvalue weighted by molar-refractivity contribution is 7.90. The summed E-state index contributed by atoms with van der Waals surface area (Å²) in [7, 11) is -4.19. The number of hydrogen-bond acceptors (Lipinski definition) is 4. The molecule has 1 N–H and O–H groups in total. The van der Waals surface area contributed by atoms with E-state index < -0.39 is 40.5 Å². The number of carbonyl (C=O) groups is 1. The smallest absolute Gasteiger partial charge is 0.303 e. The minimum Gasteiger partial charge on any atom is -0.481 e. The molecule has 5 aromatic rings. The van der Waals surface area contributed by atoms with Gasteiger partial charge in [-0.1, -0.05) is 37.6 Å². The lowest BCUT2D eigenvalue weighted by molar-refractivity contribution is -0.136. The predicted molar refractivity (Wildman–Crippen MR) is 140 cm³/mol. The number of hydrogen-bond donors (Lipinski definition) is 1. The van der Waals surface area contributed by atoms with Crippen LogP contribution in [0.25, 0.3) is 27.5 Å². The van der Waals surface area contributed by atoms with Crippen molar-refractivity contribution in [3.63, 3.8) is 0 Å². The number of carboxylic acids is 1. The number of rotatable bonds is 7. The number of fused-ring (bicyclic) bond motifs is 2. The van der Waals surface area contributed by atoms with E-state index in [1.165, 1.54) is 42.6 Å². The molecule has 0 aliphatic carbocycles. The standard InChI is InChI=1S/C28H26FN3O4S/c1-17(2)28-23(11-12-27(33)34)24-15-25-19(13-26(24)31(28)21-6-4-5-20(29)14-21)16-30-32(25)37(35,36)22-9-7-18(3)8-10-22/h4-10,13-17H,11-12H2,1-3H3,(H,33,34)/i11D2,12D2. The van der Waals surface area contributed by atoms with Gasteiger partial charge in [-0.2, -0.15) is 17.6 Å². The lowest BCUT2D eigenvalue weighted by atomic mass is 9.99. The second-order valence-corrected chi connectivity index (χ2v) is 10.8. The van der Waals surface area contributed by atoms with Gasteiger partial charge >= 0.3 is 5.97 Å². The summed E-state index contributed by atoms with van der Waals surface area (Å²) in [6, 6.07) is 14.6. The molecule has 2 heterocycles. The van der Waals surface area contributed by atoms with Crippen molar-refractivity contribution in [2.45, 2.75) is 44.3 Å². The highest BCUT2D eigenvalue weighted by Gasteiger charge is 2.25. The zero-order valence-electron chi connectivity index (χ0n) is 24.2. The fourth-order valence-corrected chi connectivity index (χ4v) is 5.76. The number of aliphatic carboxylic acids is 1. The highest BCUT2D eigenvalue weighted by Crippen LogP contribution is 2.37. The largest absolute Gasteiger partial charge is 0.481 e. The van der Waals surface area contributed by atoms with Crippen molar-refractivity contribution in [1.29, 1.82) is 0 Å². The SMILES string of the molecule is [2H]C([2H])(C(=O)O)C([2H])([2H])c1c(C(C)C)n(-c2cccc(F)c2)c2cc3cnn(S(=O)(=O)c4ccc(C)cc4)c3cc12. The van der Waals surface area contributed by atoms with Gasteiger partial charge in [-0.05, 0) is 67.2 Å². The van der Waals surface area contributed by atoms with Crippen LogP contribution in [-0.4, -0.2) is 33.2 Å². The Hall–Kier alpha value is -3.98. The minimum atomic E-state index is -4.19. The average molecular weight is 524 g/mol. The molecule has 2 aromatic heterocycles. The van der Waals surface area contributed by atoms with E-state index in [0.29, 0.717) is 16.6 Å². The first-order chi connectivity index (χ1) is 19.1. The summed E-state index contributed by atoms with van der Waals surface area (Å²) in [4.78, 5) is 11.9. The third-order valence-electron chi connectivity index (χ3n) is 6.11. The van der Waals surface area contributed by atoms with Crippen molar-refractivity contribution in [3.05, 3.63) is 89.5 Å². The lowest BCUT2D eigenvalue weighted by Crippen LogP contribution is -2.14. The molecular weight excluding hydrogens is 493 g/mol. The van der Waals surface area contributed by atoms with Crippen LogP contribution in [0.5, 0.6) is 0 Å². The van der Waals surface area contributed by atoms with Gasteiger partial charge in [0.1, 0.15) is 5.82 Å². The zero-order chi connectivity index (χ0) is 30.1. The topological polar surface area (TPSA) is 94.2 Å². The van der Waals surface area contributed by atoms with Crippen molar-refractivity contribution in [2.75, 3.05) is 0 Å². The Morgan fingerprint density at radius 2 is 1.84 bits per heavy atom. The van der Waals surface area contributed by atoms with Crippen LogP contribution in [0.4, 0.5) is 4.39 Å². The number of nitrogens with zero attached hydrogens (tertiary/aromatic N) is 3. The van der Waals surface area contributed by atoms with Crippen LogP contribution in [-0.2, 0) is 21.2 Å². The fraction of sp³-hybridized carbons (Fsp3) is 0.214. The summed E-state index contributed by atoms with van der Waals surface area (Å²) in [6.45, 7) is 5.27. The first-order valence-electron chi connectivity index (χ1n) is 13.5. The summed E-state index contributed by atoms with van der Waals surface area (Å²) in [6.07, 6.45) is -5.13. The molecule has 190 valence electrons. The molecule has 0 aliphatic heterocycles. The summed E-state index contributed by atoms with van der Waals surface area (Å²) in [5, 5.41) is 14.2. The molecule has 0 atom stereocenters. The lowest BCUT2D eigenvalue weighted by Gasteiger charge is -2.15. The molecule has 9 heteroatoms. The Labute approximate surface area is 219 Å². The summed E-state index contributed by atoms with van der Waals surface area (Å²) in [5.41, 5.74) is 1.48. The van der Waals surface area contributed by atoms with Gasteiger partial charge in [-0.15, -0.1) is 0 Å². The molecule has 0 fully saturated rings. The Balaban J connectivity index is 1.94. The molecule has 0 saturated heterocycles. The van der Waals surface area contributed by atoms with Crippen LogP contribution in [0.1, 0.15) is 48.4 Å². The first kappa shape index (κ1) is 20.1. The number of carboxylic acid groups (broad SMARTS) is 1. The molecule has 7 nitrogen and oxygen atoms in total. The van der Waals surface area contributed by atoms with Crippen LogP contribution < -0.4 is 0 Å². The second kappa shape index (κ2) is 9.15. The van der Waals surface area contributed by atoms with E-state index in [9.17, 15) is 22.7 Å². The minimum absolute atomic E-state index is 0.0221. The van der Waals surface area contributed by atoms with Gasteiger partial charge in [0.05, 0.1) is 22.1 Å². The van der Waals surface area contributed by atoms with E-state index in [2.05, 4.69) is 5.10 Å². The second-order valence-electron chi connectivity index (χ2n) is 9.02. The highest BCUT2D eigenvalue weighted by atomic mass is 32.2. The van der Waals surface area contributed by atoms with Gasteiger partial charge in [-0.3, -0.25) is 4.79 Å². The summed E-state index contributed by atoms with van der Waals surface area (Å²) < 4.78 is 77.9. The number of halogens is 1. The Morgan fingerprint density at radius 3 is 2.49 bits per heavy atom. The number of aromatic nitrogens is 3. The molecule has 0 bridgehead atoms. The van der Waals surface area contributed by atoms with E-state index in [-0.39, 0.29) is 27.1 Å². The van der Waals surface area contributed by atoms with Crippen LogP contribution in [0.2, 0.25) is 0 Å². The van der Waals surface area contributed by atoms with E-state index in [0.717, 1.165) is 9.65 Å². The normalized spacial score (nSPS) is 14.5. The maximum atomic E-state index is 14.4. The summed E-state index contributed by atoms with van der Waals surface area (Å²) in [5.74, 6) is -3.06. The molecule has 0 aliphatic rings. The molecule has 0 radical (unpaired) electrons. The van der Waals surface area contributed by atoms with Crippen molar-refractivity contribution < 1.29 is 28.2 Å². The van der Waals surface area contributed by atoms with Gasteiger partial charge in [0, 0.05) is 34.0 Å². The zero-order valence-corrected chi connectivity index (χ0v) is 21.0. The van der Waals surface area contributed by atoms with Crippen molar-refractivity contribution in [1.82, 2.24) is 13.8 Å². The van der Waals surface area contributed by atoms with Gasteiger partial charge in [-0.25, -0.2) is 4.39 Å². The summed E-state index contributed by atoms with van der Waals surface area (Å²) >= 11 is 0. The fourth-order valence-electron chi connectivity index (χ4n) is 4.49. The molecule has 5 rings (SSSR count). The van der Waals surface area contributed by atoms with Gasteiger partial charge in [0.2, 0.25) is 0 Å². The van der Waals surface area contributed by atoms with Crippen LogP contribution in [0.15, 0.2) is 71.8 Å². The van der Waals surface area contributed by atoms with E-state index in [1.807, 2.05) is 6.92 Å². The van der Waals surface area contributed by atoms with Crippen molar-refractivity contribution >= 4 is 37.8 Å². The van der Waals surface area contributed by atoms with Crippen LogP contribution in [0, 0.1) is 12.7 Å². The Kier molecular flexibility index (Phi) is 4.98. The van der Waals surface area contributed by atoms with Gasteiger partial charge < -0.3 is 9.67 Å². The first-order valence-corrected chi connectivity index (χ1v) is 12.9.